The third kappa shape index (κ3) is 1.54. The molecule has 70 valence electrons. The molecule has 0 unspecified atom stereocenters. The van der Waals surface area contributed by atoms with Crippen LogP contribution in [0, 0.1) is 37.8 Å². The number of hydrogen-bond donors (Lipinski definition) is 0. The summed E-state index contributed by atoms with van der Waals surface area (Å²) >= 11 is 0. The van der Waals surface area contributed by atoms with Crippen LogP contribution >= 0.6 is 0 Å². The lowest BCUT2D eigenvalue weighted by molar-refractivity contribution is -0.385. The second-order valence-electron chi connectivity index (χ2n) is 3.34. The smallest absolute Gasteiger partial charge is 0.258 e. The lowest BCUT2D eigenvalue weighted by Gasteiger charge is -2.08. The monoisotopic (exact) mass is 179 g/mol. The summed E-state index contributed by atoms with van der Waals surface area (Å²) in [6.45, 7) is 7.60. The summed E-state index contributed by atoms with van der Waals surface area (Å²) in [6.07, 6.45) is 0. The van der Waals surface area contributed by atoms with Gasteiger partial charge in [-0.3, -0.25) is 10.1 Å². The second-order valence-corrected chi connectivity index (χ2v) is 3.34. The Bertz CT molecular complexity index is 370. The number of nitro benzene ring substituents is 1. The van der Waals surface area contributed by atoms with Crippen LogP contribution in [0.25, 0.3) is 0 Å². The molecule has 0 saturated heterocycles. The Hall–Kier alpha value is -1.38. The quantitative estimate of drug-likeness (QED) is 0.491. The number of nitrogens with zero attached hydrogens (tertiary/aromatic N) is 1. The zero-order chi connectivity index (χ0) is 10.2. The molecule has 0 bridgehead atoms. The molecule has 0 saturated carbocycles. The van der Waals surface area contributed by atoms with E-state index in [4.69, 9.17) is 0 Å². The maximum atomic E-state index is 10.6. The Morgan fingerprint density at radius 1 is 1.08 bits per heavy atom. The first kappa shape index (κ1) is 9.71. The fraction of sp³-hybridized carbons (Fsp3) is 0.400. The molecule has 0 aliphatic carbocycles. The van der Waals surface area contributed by atoms with E-state index in [1.54, 1.807) is 13.0 Å². The minimum atomic E-state index is -0.325. The lowest BCUT2D eigenvalue weighted by Crippen LogP contribution is -1.98. The van der Waals surface area contributed by atoms with Gasteiger partial charge in [0.05, 0.1) is 4.92 Å². The van der Waals surface area contributed by atoms with Crippen LogP contribution in [0.4, 0.5) is 5.69 Å². The largest absolute Gasteiger partial charge is 0.272 e. The summed E-state index contributed by atoms with van der Waals surface area (Å²) in [5, 5.41) is 10.6. The van der Waals surface area contributed by atoms with Gasteiger partial charge in [-0.2, -0.15) is 0 Å². The highest BCUT2D eigenvalue weighted by Crippen LogP contribution is 2.26. The van der Waals surface area contributed by atoms with Crippen molar-refractivity contribution in [3.8, 4) is 0 Å². The third-order valence-corrected chi connectivity index (χ3v) is 2.65. The van der Waals surface area contributed by atoms with Crippen molar-refractivity contribution in [1.29, 1.82) is 0 Å². The van der Waals surface area contributed by atoms with Gasteiger partial charge in [0, 0.05) is 11.6 Å². The molecule has 3 heteroatoms. The highest BCUT2D eigenvalue weighted by molar-refractivity contribution is 5.51. The van der Waals surface area contributed by atoms with E-state index in [0.717, 1.165) is 22.3 Å². The summed E-state index contributed by atoms with van der Waals surface area (Å²) in [5.74, 6) is 0. The van der Waals surface area contributed by atoms with Crippen LogP contribution in [0.2, 0.25) is 0 Å². The zero-order valence-electron chi connectivity index (χ0n) is 8.34. The average Bonchev–Trinajstić information content (AvgIpc) is 2.07. The van der Waals surface area contributed by atoms with Gasteiger partial charge >= 0.3 is 0 Å². The van der Waals surface area contributed by atoms with Crippen molar-refractivity contribution >= 4 is 5.69 Å². The first-order chi connectivity index (χ1) is 5.95. The fourth-order valence-electron chi connectivity index (χ4n) is 1.38. The molecule has 0 fully saturated rings. The molecule has 1 rings (SSSR count). The summed E-state index contributed by atoms with van der Waals surface area (Å²) < 4.78 is 0. The van der Waals surface area contributed by atoms with E-state index in [9.17, 15) is 10.1 Å². The maximum Gasteiger partial charge on any atom is 0.272 e. The summed E-state index contributed by atoms with van der Waals surface area (Å²) in [4.78, 5) is 10.3. The number of nitro groups is 1. The van der Waals surface area contributed by atoms with E-state index in [1.165, 1.54) is 0 Å². The Morgan fingerprint density at radius 3 is 2.08 bits per heavy atom. The van der Waals surface area contributed by atoms with Crippen molar-refractivity contribution in [2.24, 2.45) is 0 Å². The highest BCUT2D eigenvalue weighted by atomic mass is 16.6. The van der Waals surface area contributed by atoms with Gasteiger partial charge in [-0.05, 0) is 44.4 Å². The van der Waals surface area contributed by atoms with Gasteiger partial charge in [0.15, 0.2) is 0 Å². The molecule has 0 aliphatic rings. The molecule has 1 aromatic rings. The van der Waals surface area contributed by atoms with E-state index >= 15 is 0 Å². The summed E-state index contributed by atoms with van der Waals surface area (Å²) in [6, 6.07) is 1.64. The zero-order valence-corrected chi connectivity index (χ0v) is 8.34. The minimum Gasteiger partial charge on any atom is -0.258 e. The molecule has 0 aliphatic heterocycles. The molecule has 0 spiro atoms. The predicted octanol–water partition coefficient (Wildman–Crippen LogP) is 2.83. The van der Waals surface area contributed by atoms with Gasteiger partial charge in [-0.15, -0.1) is 0 Å². The Morgan fingerprint density at radius 2 is 1.62 bits per heavy atom. The molecule has 1 aromatic carbocycles. The molecule has 0 atom stereocenters. The van der Waals surface area contributed by atoms with E-state index in [1.807, 2.05) is 20.8 Å². The van der Waals surface area contributed by atoms with Gasteiger partial charge in [-0.1, -0.05) is 0 Å². The standard InChI is InChI=1S/C10H13NO2/c1-6-5-10(11(12)13)9(4)8(3)7(6)2/h5H,1-4H3. The van der Waals surface area contributed by atoms with Crippen LogP contribution in [0.5, 0.6) is 0 Å². The van der Waals surface area contributed by atoms with Gasteiger partial charge in [0.2, 0.25) is 0 Å². The third-order valence-electron chi connectivity index (χ3n) is 2.65. The SMILES string of the molecule is Cc1cc([N+](=O)[O-])c(C)c(C)c1C. The molecule has 0 radical (unpaired) electrons. The van der Waals surface area contributed by atoms with Crippen LogP contribution in [-0.2, 0) is 0 Å². The van der Waals surface area contributed by atoms with E-state index in [0.29, 0.717) is 0 Å². The van der Waals surface area contributed by atoms with Crippen molar-refractivity contribution in [2.75, 3.05) is 0 Å². The number of hydrogen-bond acceptors (Lipinski definition) is 2. The van der Waals surface area contributed by atoms with Crippen LogP contribution in [0.1, 0.15) is 22.3 Å². The minimum absolute atomic E-state index is 0.223. The van der Waals surface area contributed by atoms with Crippen molar-refractivity contribution in [2.45, 2.75) is 27.7 Å². The Labute approximate surface area is 77.5 Å². The molecular formula is C10H13NO2. The summed E-state index contributed by atoms with van der Waals surface area (Å²) in [7, 11) is 0. The van der Waals surface area contributed by atoms with Gasteiger partial charge in [0.25, 0.3) is 5.69 Å². The molecule has 0 aromatic heterocycles. The Kier molecular flexibility index (Phi) is 2.36. The molecule has 0 heterocycles. The van der Waals surface area contributed by atoms with Crippen molar-refractivity contribution in [1.82, 2.24) is 0 Å². The topological polar surface area (TPSA) is 43.1 Å². The van der Waals surface area contributed by atoms with Crippen LogP contribution in [-0.4, -0.2) is 4.92 Å². The average molecular weight is 179 g/mol. The van der Waals surface area contributed by atoms with Crippen molar-refractivity contribution in [3.63, 3.8) is 0 Å². The van der Waals surface area contributed by atoms with Crippen LogP contribution < -0.4 is 0 Å². The first-order valence-electron chi connectivity index (χ1n) is 4.17. The van der Waals surface area contributed by atoms with Gasteiger partial charge in [0.1, 0.15) is 0 Å². The lowest BCUT2D eigenvalue weighted by atomic mass is 9.98. The molecular weight excluding hydrogens is 166 g/mol. The van der Waals surface area contributed by atoms with E-state index < -0.39 is 0 Å². The van der Waals surface area contributed by atoms with Crippen molar-refractivity contribution in [3.05, 3.63) is 38.4 Å². The second kappa shape index (κ2) is 3.17. The molecule has 0 N–H and O–H groups in total. The molecule has 3 nitrogen and oxygen atoms in total. The van der Waals surface area contributed by atoms with Gasteiger partial charge < -0.3 is 0 Å². The highest BCUT2D eigenvalue weighted by Gasteiger charge is 2.14. The molecule has 0 amide bonds. The predicted molar refractivity (Wildman–Crippen MR) is 52.0 cm³/mol. The van der Waals surface area contributed by atoms with Crippen LogP contribution in [0.3, 0.4) is 0 Å². The summed E-state index contributed by atoms with van der Waals surface area (Å²) in [5.41, 5.74) is 4.14. The van der Waals surface area contributed by atoms with E-state index in [-0.39, 0.29) is 10.6 Å². The van der Waals surface area contributed by atoms with Crippen molar-refractivity contribution < 1.29 is 4.92 Å². The first-order valence-corrected chi connectivity index (χ1v) is 4.17. The molecule has 13 heavy (non-hydrogen) atoms. The van der Waals surface area contributed by atoms with E-state index in [2.05, 4.69) is 0 Å². The number of rotatable bonds is 1. The Balaban J connectivity index is 3.50. The normalized spacial score (nSPS) is 10.2. The maximum absolute atomic E-state index is 10.6. The number of benzene rings is 1. The van der Waals surface area contributed by atoms with Gasteiger partial charge in [-0.25, -0.2) is 0 Å². The van der Waals surface area contributed by atoms with Crippen LogP contribution in [0.15, 0.2) is 6.07 Å². The number of aryl methyl sites for hydroxylation is 1. The fourth-order valence-corrected chi connectivity index (χ4v) is 1.38.